The second-order valence-electron chi connectivity index (χ2n) is 3.98. The van der Waals surface area contributed by atoms with Crippen LogP contribution in [0.2, 0.25) is 5.02 Å². The monoisotopic (exact) mass is 328 g/mol. The van der Waals surface area contributed by atoms with Gasteiger partial charge in [-0.3, -0.25) is 0 Å². The Balaban J connectivity index is 2.82. The molecule has 0 unspecified atom stereocenters. The molecule has 2 rings (SSSR count). The van der Waals surface area contributed by atoms with Crippen molar-refractivity contribution < 1.29 is 30.7 Å². The molecule has 0 heterocycles. The van der Waals surface area contributed by atoms with Gasteiger partial charge >= 0.3 is 0 Å². The zero-order valence-corrected chi connectivity index (χ0v) is 10.6. The number of alkyl halides is 2. The van der Waals surface area contributed by atoms with Crippen LogP contribution < -0.4 is 0 Å². The smallest absolute Gasteiger partial charge is 0.205 e. The van der Waals surface area contributed by atoms with Gasteiger partial charge in [-0.25, -0.2) is 30.7 Å². The second-order valence-corrected chi connectivity index (χ2v) is 4.39. The van der Waals surface area contributed by atoms with Crippen LogP contribution in [0.3, 0.4) is 0 Å². The molecule has 0 saturated heterocycles. The lowest BCUT2D eigenvalue weighted by Crippen LogP contribution is -2.04. The maximum absolute atomic E-state index is 13.6. The van der Waals surface area contributed by atoms with Crippen molar-refractivity contribution in [1.82, 2.24) is 0 Å². The summed E-state index contributed by atoms with van der Waals surface area (Å²) in [5.41, 5.74) is -2.72. The highest BCUT2D eigenvalue weighted by Crippen LogP contribution is 2.37. The molecular formula is C13H4ClF7. The Kier molecular flexibility index (Phi) is 4.13. The van der Waals surface area contributed by atoms with Crippen molar-refractivity contribution in [3.8, 4) is 11.1 Å². The number of benzene rings is 2. The lowest BCUT2D eigenvalue weighted by molar-refractivity contribution is 0.151. The average molecular weight is 329 g/mol. The fourth-order valence-corrected chi connectivity index (χ4v) is 1.92. The predicted molar refractivity (Wildman–Crippen MR) is 61.6 cm³/mol. The standard InChI is InChI=1S/C13H4ClF7/c14-6-2-1-4(13(20)21)3-5(6)7-8(15)10(17)12(19)11(18)9(7)16/h1-3,13H. The van der Waals surface area contributed by atoms with Crippen molar-refractivity contribution >= 4 is 11.6 Å². The molecule has 0 aliphatic rings. The van der Waals surface area contributed by atoms with E-state index in [0.29, 0.717) is 6.07 Å². The summed E-state index contributed by atoms with van der Waals surface area (Å²) in [4.78, 5) is 0. The van der Waals surface area contributed by atoms with Crippen molar-refractivity contribution in [1.29, 1.82) is 0 Å². The Morgan fingerprint density at radius 3 is 1.71 bits per heavy atom. The summed E-state index contributed by atoms with van der Waals surface area (Å²) in [6.07, 6.45) is -3.00. The molecule has 0 saturated carbocycles. The van der Waals surface area contributed by atoms with Crippen LogP contribution in [-0.2, 0) is 0 Å². The fourth-order valence-electron chi connectivity index (χ4n) is 1.71. The van der Waals surface area contributed by atoms with Gasteiger partial charge in [-0.2, -0.15) is 0 Å². The molecule has 0 spiro atoms. The van der Waals surface area contributed by atoms with Crippen LogP contribution in [0.4, 0.5) is 30.7 Å². The molecular weight excluding hydrogens is 325 g/mol. The summed E-state index contributed by atoms with van der Waals surface area (Å²) in [6, 6.07) is 2.34. The molecule has 8 heteroatoms. The van der Waals surface area contributed by atoms with Crippen LogP contribution in [-0.4, -0.2) is 0 Å². The summed E-state index contributed by atoms with van der Waals surface area (Å²) in [5, 5.41) is -0.428. The molecule has 0 aliphatic carbocycles. The molecule has 21 heavy (non-hydrogen) atoms. The molecule has 112 valence electrons. The minimum Gasteiger partial charge on any atom is -0.205 e. The van der Waals surface area contributed by atoms with Crippen molar-refractivity contribution in [2.75, 3.05) is 0 Å². The minimum atomic E-state index is -3.00. The summed E-state index contributed by atoms with van der Waals surface area (Å²) >= 11 is 5.61. The molecule has 0 amide bonds. The maximum atomic E-state index is 13.6. The van der Waals surface area contributed by atoms with Gasteiger partial charge in [0.2, 0.25) is 5.82 Å². The van der Waals surface area contributed by atoms with Gasteiger partial charge < -0.3 is 0 Å². The van der Waals surface area contributed by atoms with E-state index in [2.05, 4.69) is 0 Å². The average Bonchev–Trinajstić information content (AvgIpc) is 2.45. The highest BCUT2D eigenvalue weighted by molar-refractivity contribution is 6.33. The zero-order valence-electron chi connectivity index (χ0n) is 9.83. The van der Waals surface area contributed by atoms with E-state index in [-0.39, 0.29) is 0 Å². The lowest BCUT2D eigenvalue weighted by atomic mass is 10.0. The van der Waals surface area contributed by atoms with E-state index >= 15 is 0 Å². The van der Waals surface area contributed by atoms with Gasteiger partial charge in [-0.05, 0) is 12.1 Å². The third kappa shape index (κ3) is 2.57. The van der Waals surface area contributed by atoms with Gasteiger partial charge in [-0.15, -0.1) is 0 Å². The van der Waals surface area contributed by atoms with Crippen LogP contribution >= 0.6 is 11.6 Å². The van der Waals surface area contributed by atoms with E-state index in [0.717, 1.165) is 12.1 Å². The van der Waals surface area contributed by atoms with Gasteiger partial charge in [0, 0.05) is 16.1 Å². The van der Waals surface area contributed by atoms with Gasteiger partial charge in [0.05, 0.1) is 5.56 Å². The fraction of sp³-hybridized carbons (Fsp3) is 0.0769. The third-order valence-electron chi connectivity index (χ3n) is 2.72. The summed E-state index contributed by atoms with van der Waals surface area (Å²) in [7, 11) is 0. The van der Waals surface area contributed by atoms with E-state index in [1.165, 1.54) is 0 Å². The molecule has 0 radical (unpaired) electrons. The molecule has 2 aromatic carbocycles. The SMILES string of the molecule is Fc1c(F)c(F)c(-c2cc(C(F)F)ccc2Cl)c(F)c1F. The van der Waals surface area contributed by atoms with E-state index in [1.54, 1.807) is 0 Å². The Morgan fingerprint density at radius 1 is 0.762 bits per heavy atom. The maximum Gasteiger partial charge on any atom is 0.263 e. The quantitative estimate of drug-likeness (QED) is 0.380. The topological polar surface area (TPSA) is 0 Å². The van der Waals surface area contributed by atoms with E-state index in [4.69, 9.17) is 11.6 Å². The van der Waals surface area contributed by atoms with E-state index < -0.39 is 57.2 Å². The third-order valence-corrected chi connectivity index (χ3v) is 3.05. The Morgan fingerprint density at radius 2 is 1.24 bits per heavy atom. The molecule has 2 aromatic rings. The largest absolute Gasteiger partial charge is 0.263 e. The molecule has 0 N–H and O–H groups in total. The summed E-state index contributed by atoms with van der Waals surface area (Å²) in [5.74, 6) is -11.0. The van der Waals surface area contributed by atoms with Crippen LogP contribution in [0.1, 0.15) is 12.0 Å². The van der Waals surface area contributed by atoms with Crippen molar-refractivity contribution in [2.45, 2.75) is 6.43 Å². The van der Waals surface area contributed by atoms with E-state index in [9.17, 15) is 30.7 Å². The van der Waals surface area contributed by atoms with Crippen LogP contribution in [0.15, 0.2) is 18.2 Å². The van der Waals surface area contributed by atoms with Gasteiger partial charge in [0.15, 0.2) is 23.3 Å². The highest BCUT2D eigenvalue weighted by Gasteiger charge is 2.28. The summed E-state index contributed by atoms with van der Waals surface area (Å²) in [6.45, 7) is 0. The molecule has 0 aliphatic heterocycles. The Bertz CT molecular complexity index is 683. The molecule has 0 bridgehead atoms. The minimum absolute atomic E-state index is 0.428. The number of hydrogen-bond donors (Lipinski definition) is 0. The molecule has 0 nitrogen and oxygen atoms in total. The highest BCUT2D eigenvalue weighted by atomic mass is 35.5. The van der Waals surface area contributed by atoms with Crippen LogP contribution in [0, 0.1) is 29.1 Å². The molecule has 0 fully saturated rings. The first kappa shape index (κ1) is 15.6. The van der Waals surface area contributed by atoms with Crippen molar-refractivity contribution in [2.24, 2.45) is 0 Å². The summed E-state index contributed by atoms with van der Waals surface area (Å²) < 4.78 is 91.6. The van der Waals surface area contributed by atoms with Crippen molar-refractivity contribution in [3.63, 3.8) is 0 Å². The van der Waals surface area contributed by atoms with Gasteiger partial charge in [-0.1, -0.05) is 17.7 Å². The first-order chi connectivity index (χ1) is 9.75. The number of halogens is 8. The van der Waals surface area contributed by atoms with Crippen LogP contribution in [0.25, 0.3) is 11.1 Å². The number of hydrogen-bond acceptors (Lipinski definition) is 0. The first-order valence-electron chi connectivity index (χ1n) is 5.35. The van der Waals surface area contributed by atoms with Gasteiger partial charge in [0.25, 0.3) is 6.43 Å². The number of rotatable bonds is 2. The Labute approximate surface area is 118 Å². The molecule has 0 aromatic heterocycles. The lowest BCUT2D eigenvalue weighted by Gasteiger charge is -2.11. The van der Waals surface area contributed by atoms with E-state index in [1.807, 2.05) is 0 Å². The predicted octanol–water partition coefficient (Wildman–Crippen LogP) is 5.64. The Hall–Kier alpha value is -1.76. The van der Waals surface area contributed by atoms with Crippen LogP contribution in [0.5, 0.6) is 0 Å². The first-order valence-corrected chi connectivity index (χ1v) is 5.73. The normalized spacial score (nSPS) is 11.3. The molecule has 0 atom stereocenters. The zero-order chi connectivity index (χ0) is 15.9. The second kappa shape index (κ2) is 5.55. The van der Waals surface area contributed by atoms with Crippen molar-refractivity contribution in [3.05, 3.63) is 57.9 Å². The van der Waals surface area contributed by atoms with Gasteiger partial charge in [0.1, 0.15) is 0 Å².